The molecular weight excluding hydrogens is 336 g/mol. The topological polar surface area (TPSA) is 105 Å². The molecule has 0 radical (unpaired) electrons. The van der Waals surface area contributed by atoms with Crippen molar-refractivity contribution in [3.8, 4) is 0 Å². The molecule has 3 heterocycles. The summed E-state index contributed by atoms with van der Waals surface area (Å²) in [6.07, 6.45) is 0. The maximum absolute atomic E-state index is 13.1. The van der Waals surface area contributed by atoms with E-state index in [-0.39, 0.29) is 24.1 Å². The van der Waals surface area contributed by atoms with Crippen molar-refractivity contribution < 1.29 is 23.1 Å². The lowest BCUT2D eigenvalue weighted by Crippen LogP contribution is -2.47. The van der Waals surface area contributed by atoms with Gasteiger partial charge in [0.1, 0.15) is 0 Å². The molecule has 2 fully saturated rings. The Morgan fingerprint density at radius 2 is 2.12 bits per heavy atom. The van der Waals surface area contributed by atoms with Crippen LogP contribution >= 0.6 is 0 Å². The van der Waals surface area contributed by atoms with Crippen molar-refractivity contribution in [2.75, 3.05) is 39.4 Å². The van der Waals surface area contributed by atoms with Crippen molar-refractivity contribution >= 4 is 16.0 Å². The maximum atomic E-state index is 13.1. The Balaban J connectivity index is 1.93. The number of aromatic nitrogens is 2. The SMILES string of the molecule is Cc1cc(S(=O)(=O)N2C[C@H]3COC[C@@H]2CN(CC(=O)O)C3)n(C)n1. The molecular formula is C14H22N4O5S. The van der Waals surface area contributed by atoms with E-state index >= 15 is 0 Å². The predicted octanol–water partition coefficient (Wildman–Crippen LogP) is -0.866. The molecule has 10 heteroatoms. The monoisotopic (exact) mass is 358 g/mol. The van der Waals surface area contributed by atoms with Crippen LogP contribution in [0.5, 0.6) is 0 Å². The number of fused-ring (bicyclic) bond motifs is 3. The molecule has 3 rings (SSSR count). The molecule has 9 nitrogen and oxygen atoms in total. The number of rotatable bonds is 4. The molecule has 2 atom stereocenters. The zero-order chi connectivity index (χ0) is 17.5. The van der Waals surface area contributed by atoms with Gasteiger partial charge in [-0.2, -0.15) is 9.40 Å². The van der Waals surface area contributed by atoms with E-state index in [1.807, 2.05) is 0 Å². The number of aryl methyl sites for hydroxylation is 2. The van der Waals surface area contributed by atoms with Gasteiger partial charge in [-0.3, -0.25) is 14.4 Å². The minimum Gasteiger partial charge on any atom is -0.480 e. The van der Waals surface area contributed by atoms with Gasteiger partial charge < -0.3 is 9.84 Å². The van der Waals surface area contributed by atoms with E-state index in [0.717, 1.165) is 0 Å². The van der Waals surface area contributed by atoms with Crippen molar-refractivity contribution in [2.24, 2.45) is 13.0 Å². The van der Waals surface area contributed by atoms with Gasteiger partial charge in [0.05, 0.1) is 31.5 Å². The minimum absolute atomic E-state index is 0.0547. The van der Waals surface area contributed by atoms with Crippen LogP contribution in [0.25, 0.3) is 0 Å². The third-order valence-corrected chi connectivity index (χ3v) is 6.36. The van der Waals surface area contributed by atoms with Crippen molar-refractivity contribution in [1.29, 1.82) is 0 Å². The molecule has 0 aliphatic carbocycles. The predicted molar refractivity (Wildman–Crippen MR) is 84.0 cm³/mol. The standard InChI is InChI=1S/C14H22N4O5S/c1-10-3-13(16(2)15-10)24(21,22)18-5-11-4-17(7-14(19)20)6-12(18)9-23-8-11/h3,11-12H,4-9H2,1-2H3,(H,19,20)/t11-,12-/m0/s1. The first-order chi connectivity index (χ1) is 11.3. The lowest BCUT2D eigenvalue weighted by molar-refractivity contribution is -0.138. The van der Waals surface area contributed by atoms with Gasteiger partial charge in [-0.05, 0) is 13.0 Å². The number of nitrogens with zero attached hydrogens (tertiary/aromatic N) is 4. The van der Waals surface area contributed by atoms with Gasteiger partial charge in [0.15, 0.2) is 5.03 Å². The zero-order valence-corrected chi connectivity index (χ0v) is 14.6. The second kappa shape index (κ2) is 6.43. The third-order valence-electron chi connectivity index (χ3n) is 4.39. The molecule has 1 aromatic rings. The summed E-state index contributed by atoms with van der Waals surface area (Å²) in [4.78, 5) is 12.8. The Bertz CT molecular complexity index is 732. The third kappa shape index (κ3) is 3.32. The number of hydrogen-bond donors (Lipinski definition) is 1. The number of carboxylic acid groups (broad SMARTS) is 1. The molecule has 2 saturated heterocycles. The van der Waals surface area contributed by atoms with Crippen LogP contribution in [0, 0.1) is 12.8 Å². The highest BCUT2D eigenvalue weighted by molar-refractivity contribution is 7.89. The van der Waals surface area contributed by atoms with Crippen molar-refractivity contribution in [1.82, 2.24) is 19.0 Å². The van der Waals surface area contributed by atoms with Crippen molar-refractivity contribution in [3.63, 3.8) is 0 Å². The molecule has 1 aromatic heterocycles. The fourth-order valence-electron chi connectivity index (χ4n) is 3.47. The average molecular weight is 358 g/mol. The molecule has 0 aromatic carbocycles. The number of ether oxygens (including phenoxy) is 1. The van der Waals surface area contributed by atoms with Gasteiger partial charge in [-0.15, -0.1) is 0 Å². The quantitative estimate of drug-likeness (QED) is 0.746. The summed E-state index contributed by atoms with van der Waals surface area (Å²) in [7, 11) is -2.11. The van der Waals surface area contributed by atoms with Gasteiger partial charge in [-0.1, -0.05) is 0 Å². The summed E-state index contributed by atoms with van der Waals surface area (Å²) in [6, 6.07) is 1.15. The summed E-state index contributed by atoms with van der Waals surface area (Å²) in [5, 5.41) is 13.3. The normalized spacial score (nSPS) is 26.2. The fourth-order valence-corrected chi connectivity index (χ4v) is 5.33. The first-order valence-electron chi connectivity index (χ1n) is 7.81. The van der Waals surface area contributed by atoms with E-state index < -0.39 is 22.0 Å². The first kappa shape index (κ1) is 17.3. The molecule has 2 bridgehead atoms. The second-order valence-corrected chi connectivity index (χ2v) is 8.30. The summed E-state index contributed by atoms with van der Waals surface area (Å²) in [5.41, 5.74) is 0.637. The lowest BCUT2D eigenvalue weighted by Gasteiger charge is -2.29. The molecule has 2 aliphatic rings. The molecule has 24 heavy (non-hydrogen) atoms. The summed E-state index contributed by atoms with van der Waals surface area (Å²) < 4.78 is 34.7. The van der Waals surface area contributed by atoms with E-state index in [1.54, 1.807) is 24.9 Å². The molecule has 1 N–H and O–H groups in total. The molecule has 0 saturated carbocycles. The number of aliphatic carboxylic acids is 1. The van der Waals surface area contributed by atoms with Gasteiger partial charge in [-0.25, -0.2) is 8.42 Å². The van der Waals surface area contributed by atoms with Gasteiger partial charge >= 0.3 is 5.97 Å². The largest absolute Gasteiger partial charge is 0.480 e. The molecule has 2 aliphatic heterocycles. The van der Waals surface area contributed by atoms with E-state index in [0.29, 0.717) is 31.9 Å². The number of carboxylic acids is 1. The smallest absolute Gasteiger partial charge is 0.317 e. The van der Waals surface area contributed by atoms with Crippen LogP contribution in [0.3, 0.4) is 0 Å². The molecule has 0 spiro atoms. The van der Waals surface area contributed by atoms with Crippen LogP contribution in [-0.2, 0) is 26.6 Å². The van der Waals surface area contributed by atoms with E-state index in [1.165, 1.54) is 8.99 Å². The fraction of sp³-hybridized carbons (Fsp3) is 0.714. The minimum atomic E-state index is -3.72. The number of sulfonamides is 1. The molecule has 134 valence electrons. The summed E-state index contributed by atoms with van der Waals surface area (Å²) >= 11 is 0. The highest BCUT2D eigenvalue weighted by atomic mass is 32.2. The summed E-state index contributed by atoms with van der Waals surface area (Å²) in [6.45, 7) is 3.54. The Labute approximate surface area is 140 Å². The second-order valence-electron chi connectivity index (χ2n) is 6.47. The molecule has 0 unspecified atom stereocenters. The van der Waals surface area contributed by atoms with Crippen LogP contribution < -0.4 is 0 Å². The Morgan fingerprint density at radius 3 is 2.75 bits per heavy atom. The van der Waals surface area contributed by atoms with Gasteiger partial charge in [0.2, 0.25) is 0 Å². The van der Waals surface area contributed by atoms with Crippen LogP contribution in [0.15, 0.2) is 11.1 Å². The lowest BCUT2D eigenvalue weighted by atomic mass is 10.1. The van der Waals surface area contributed by atoms with Crippen LogP contribution in [0.2, 0.25) is 0 Å². The summed E-state index contributed by atoms with van der Waals surface area (Å²) in [5.74, 6) is -0.964. The molecule has 0 amide bonds. The first-order valence-corrected chi connectivity index (χ1v) is 9.25. The van der Waals surface area contributed by atoms with Crippen LogP contribution in [-0.4, -0.2) is 83.9 Å². The van der Waals surface area contributed by atoms with Crippen molar-refractivity contribution in [3.05, 3.63) is 11.8 Å². The van der Waals surface area contributed by atoms with Gasteiger partial charge in [0, 0.05) is 32.6 Å². The highest BCUT2D eigenvalue weighted by Crippen LogP contribution is 2.26. The Morgan fingerprint density at radius 1 is 1.38 bits per heavy atom. The zero-order valence-electron chi connectivity index (χ0n) is 13.8. The number of carbonyl (C=O) groups is 1. The van der Waals surface area contributed by atoms with E-state index in [2.05, 4.69) is 5.10 Å². The van der Waals surface area contributed by atoms with Gasteiger partial charge in [0.25, 0.3) is 10.0 Å². The van der Waals surface area contributed by atoms with Crippen molar-refractivity contribution in [2.45, 2.75) is 18.0 Å². The number of hydrogen-bond acceptors (Lipinski definition) is 6. The highest BCUT2D eigenvalue weighted by Gasteiger charge is 2.41. The maximum Gasteiger partial charge on any atom is 0.317 e. The Hall–Kier alpha value is -1.49. The van der Waals surface area contributed by atoms with Crippen LogP contribution in [0.1, 0.15) is 5.69 Å². The Kier molecular flexibility index (Phi) is 4.65. The average Bonchev–Trinajstić information content (AvgIpc) is 2.62. The van der Waals surface area contributed by atoms with E-state index in [4.69, 9.17) is 9.84 Å². The van der Waals surface area contributed by atoms with E-state index in [9.17, 15) is 13.2 Å². The van der Waals surface area contributed by atoms with Crippen LogP contribution in [0.4, 0.5) is 0 Å².